The van der Waals surface area contributed by atoms with Crippen LogP contribution in [0.2, 0.25) is 5.15 Å². The maximum absolute atomic E-state index is 13.3. The highest BCUT2D eigenvalue weighted by Crippen LogP contribution is 2.37. The molecule has 0 aliphatic carbocycles. The van der Waals surface area contributed by atoms with Gasteiger partial charge in [0.05, 0.1) is 11.1 Å². The van der Waals surface area contributed by atoms with Crippen molar-refractivity contribution >= 4 is 23.0 Å². The molecule has 3 aromatic rings. The molecule has 0 spiro atoms. The van der Waals surface area contributed by atoms with Crippen LogP contribution in [0.3, 0.4) is 0 Å². The van der Waals surface area contributed by atoms with E-state index in [9.17, 15) is 26.3 Å². The highest BCUT2D eigenvalue weighted by molar-refractivity contribution is 6.32. The van der Waals surface area contributed by atoms with Crippen molar-refractivity contribution in [2.24, 2.45) is 0 Å². The molecule has 4 nitrogen and oxygen atoms in total. The molecule has 11 heteroatoms. The minimum atomic E-state index is -4.52. The number of imidazole rings is 1. The summed E-state index contributed by atoms with van der Waals surface area (Å²) in [5.41, 5.74) is -0.140. The molecule has 3 heterocycles. The van der Waals surface area contributed by atoms with Crippen LogP contribution in [0, 0.1) is 0 Å². The Morgan fingerprint density at radius 3 is 2.28 bits per heavy atom. The molecule has 2 aromatic heterocycles. The Morgan fingerprint density at radius 2 is 1.69 bits per heavy atom. The molecule has 0 fully saturated rings. The number of hydrogen-bond donors (Lipinski definition) is 1. The minimum absolute atomic E-state index is 0.141. The zero-order valence-electron chi connectivity index (χ0n) is 16.2. The maximum atomic E-state index is 13.3. The molecule has 32 heavy (non-hydrogen) atoms. The van der Waals surface area contributed by atoms with Crippen LogP contribution in [-0.4, -0.2) is 28.0 Å². The monoisotopic (exact) mass is 472 g/mol. The highest BCUT2D eigenvalue weighted by atomic mass is 35.5. The quantitative estimate of drug-likeness (QED) is 0.445. The van der Waals surface area contributed by atoms with Crippen LogP contribution < -0.4 is 4.90 Å². The van der Waals surface area contributed by atoms with E-state index in [2.05, 4.69) is 15.0 Å². The Labute approximate surface area is 183 Å². The number of nitrogens with one attached hydrogen (secondary N) is 1. The van der Waals surface area contributed by atoms with E-state index in [1.807, 2.05) is 0 Å². The third kappa shape index (κ3) is 4.45. The van der Waals surface area contributed by atoms with E-state index in [4.69, 9.17) is 11.6 Å². The van der Waals surface area contributed by atoms with Gasteiger partial charge in [-0.25, -0.2) is 9.97 Å². The van der Waals surface area contributed by atoms with Crippen molar-refractivity contribution in [3.8, 4) is 11.3 Å². The molecule has 0 atom stereocenters. The summed E-state index contributed by atoms with van der Waals surface area (Å²) in [5, 5.41) is 0.159. The van der Waals surface area contributed by atoms with Gasteiger partial charge in [-0.1, -0.05) is 29.8 Å². The van der Waals surface area contributed by atoms with Crippen LogP contribution in [0.5, 0.6) is 0 Å². The summed E-state index contributed by atoms with van der Waals surface area (Å²) >= 11 is 6.21. The first kappa shape index (κ1) is 22.2. The second-order valence-corrected chi connectivity index (χ2v) is 7.50. The Bertz CT molecular complexity index is 1150. The summed E-state index contributed by atoms with van der Waals surface area (Å²) in [6.07, 6.45) is -5.54. The first-order chi connectivity index (χ1) is 15.0. The fourth-order valence-corrected chi connectivity index (χ4v) is 3.70. The average Bonchev–Trinajstić information content (AvgIpc) is 3.14. The van der Waals surface area contributed by atoms with Crippen molar-refractivity contribution in [2.45, 2.75) is 18.8 Å². The second kappa shape index (κ2) is 8.16. The first-order valence-corrected chi connectivity index (χ1v) is 9.81. The molecule has 0 amide bonds. The number of rotatable bonds is 3. The second-order valence-electron chi connectivity index (χ2n) is 7.12. The Hall–Kier alpha value is -3.01. The molecule has 0 saturated carbocycles. The predicted octanol–water partition coefficient (Wildman–Crippen LogP) is 6.46. The number of pyridine rings is 1. The molecule has 0 radical (unpaired) electrons. The van der Waals surface area contributed by atoms with Crippen LogP contribution in [0.1, 0.15) is 23.4 Å². The van der Waals surface area contributed by atoms with Crippen molar-refractivity contribution in [3.63, 3.8) is 0 Å². The molecular weight excluding hydrogens is 458 g/mol. The zero-order valence-corrected chi connectivity index (χ0v) is 17.0. The molecule has 1 aliphatic rings. The van der Waals surface area contributed by atoms with Gasteiger partial charge in [0, 0.05) is 24.8 Å². The van der Waals surface area contributed by atoms with E-state index < -0.39 is 23.5 Å². The summed E-state index contributed by atoms with van der Waals surface area (Å²) in [4.78, 5) is 12.7. The van der Waals surface area contributed by atoms with Crippen molar-refractivity contribution in [1.29, 1.82) is 0 Å². The third-order valence-electron chi connectivity index (χ3n) is 5.05. The smallest absolute Gasteiger partial charge is 0.352 e. The van der Waals surface area contributed by atoms with Crippen LogP contribution in [0.4, 0.5) is 32.2 Å². The van der Waals surface area contributed by atoms with Gasteiger partial charge in [0.15, 0.2) is 0 Å². The lowest BCUT2D eigenvalue weighted by atomic mass is 10.1. The molecule has 1 aromatic carbocycles. The molecule has 0 saturated heterocycles. The maximum Gasteiger partial charge on any atom is 0.419 e. The van der Waals surface area contributed by atoms with E-state index in [0.717, 1.165) is 23.8 Å². The van der Waals surface area contributed by atoms with Crippen LogP contribution >= 0.6 is 11.6 Å². The summed E-state index contributed by atoms with van der Waals surface area (Å²) in [6.45, 7) is 0.462. The number of benzene rings is 1. The van der Waals surface area contributed by atoms with Crippen molar-refractivity contribution < 1.29 is 26.3 Å². The number of alkyl halides is 6. The number of halogens is 7. The summed E-state index contributed by atoms with van der Waals surface area (Å²) in [6, 6.07) is 6.69. The highest BCUT2D eigenvalue weighted by Gasteiger charge is 2.36. The van der Waals surface area contributed by atoms with Gasteiger partial charge >= 0.3 is 12.4 Å². The lowest BCUT2D eigenvalue weighted by Gasteiger charge is -2.29. The number of aromatic nitrogens is 3. The van der Waals surface area contributed by atoms with Crippen LogP contribution in [-0.2, 0) is 12.4 Å². The predicted molar refractivity (Wildman–Crippen MR) is 108 cm³/mol. The fraction of sp³-hybridized carbons (Fsp3) is 0.238. The van der Waals surface area contributed by atoms with Gasteiger partial charge in [0.2, 0.25) is 0 Å². The third-order valence-corrected chi connectivity index (χ3v) is 5.32. The number of H-pyrrole nitrogens is 1. The van der Waals surface area contributed by atoms with Gasteiger partial charge in [-0.2, -0.15) is 26.3 Å². The SMILES string of the molecule is FC(F)(F)c1ccc(-c2nc(C3=CCN(c4ncccc4C(F)(F)F)CC3)[nH]c2Cl)cc1. The molecule has 0 unspecified atom stereocenters. The van der Waals surface area contributed by atoms with Crippen molar-refractivity contribution in [1.82, 2.24) is 15.0 Å². The van der Waals surface area contributed by atoms with Crippen LogP contribution in [0.15, 0.2) is 48.7 Å². The number of hydrogen-bond acceptors (Lipinski definition) is 3. The van der Waals surface area contributed by atoms with Crippen LogP contribution in [0.25, 0.3) is 16.8 Å². The zero-order chi connectivity index (χ0) is 23.1. The number of nitrogens with zero attached hydrogens (tertiary/aromatic N) is 3. The molecule has 4 rings (SSSR count). The largest absolute Gasteiger partial charge is 0.419 e. The molecule has 1 aliphatic heterocycles. The first-order valence-electron chi connectivity index (χ1n) is 9.44. The van der Waals surface area contributed by atoms with E-state index >= 15 is 0 Å². The average molecular weight is 473 g/mol. The Kier molecular flexibility index (Phi) is 5.66. The lowest BCUT2D eigenvalue weighted by Crippen LogP contribution is -2.31. The molecule has 1 N–H and O–H groups in total. The van der Waals surface area contributed by atoms with Crippen molar-refractivity contribution in [2.75, 3.05) is 18.0 Å². The Morgan fingerprint density at radius 1 is 0.969 bits per heavy atom. The molecule has 168 valence electrons. The van der Waals surface area contributed by atoms with Gasteiger partial charge in [-0.3, -0.25) is 0 Å². The standard InChI is InChI=1S/C21H15ClF6N4/c22-17-16(12-3-5-14(6-4-12)20(23,24)25)30-18(31-17)13-7-10-32(11-8-13)19-15(21(26,27)28)2-1-9-29-19/h1-7,9H,8,10-11H2,(H,30,31). The lowest BCUT2D eigenvalue weighted by molar-refractivity contribution is -0.138. The van der Waals surface area contributed by atoms with Gasteiger partial charge in [0.1, 0.15) is 22.5 Å². The molecular formula is C21H15ClF6N4. The number of anilines is 1. The van der Waals surface area contributed by atoms with Gasteiger partial charge in [0.25, 0.3) is 0 Å². The van der Waals surface area contributed by atoms with Gasteiger partial charge in [-0.05, 0) is 36.3 Å². The van der Waals surface area contributed by atoms with E-state index in [1.54, 1.807) is 6.08 Å². The number of aromatic amines is 1. The van der Waals surface area contributed by atoms with E-state index in [-0.39, 0.29) is 24.1 Å². The van der Waals surface area contributed by atoms with E-state index in [1.165, 1.54) is 29.3 Å². The normalized spacial score (nSPS) is 15.1. The van der Waals surface area contributed by atoms with Crippen molar-refractivity contribution in [3.05, 3.63) is 70.8 Å². The topological polar surface area (TPSA) is 44.8 Å². The minimum Gasteiger partial charge on any atom is -0.352 e. The van der Waals surface area contributed by atoms with Gasteiger partial charge < -0.3 is 9.88 Å². The summed E-state index contributed by atoms with van der Waals surface area (Å²) in [5.74, 6) is 0.278. The Balaban J connectivity index is 1.55. The van der Waals surface area contributed by atoms with Gasteiger partial charge in [-0.15, -0.1) is 0 Å². The fourth-order valence-electron chi connectivity index (χ4n) is 3.46. The molecule has 0 bridgehead atoms. The summed E-state index contributed by atoms with van der Waals surface area (Å²) in [7, 11) is 0. The summed E-state index contributed by atoms with van der Waals surface area (Å²) < 4.78 is 78.1. The van der Waals surface area contributed by atoms with E-state index in [0.29, 0.717) is 23.5 Å².